The molecule has 0 heterocycles. The van der Waals surface area contributed by atoms with Crippen molar-refractivity contribution in [3.8, 4) is 0 Å². The highest BCUT2D eigenvalue weighted by molar-refractivity contribution is 7.80. The minimum Gasteiger partial charge on any atom is -0.357 e. The number of thiocarbonyl (C=S) groups is 1. The summed E-state index contributed by atoms with van der Waals surface area (Å²) in [4.78, 5) is 3.38. The molecule has 106 valence electrons. The standard InChI is InChI=1S/C13H19Cl2N3S/c1-17(2)7-6-16-13(19)18(3)9-10-4-5-11(14)12(15)8-10/h4-5,8H,6-7,9H2,1-3H3,(H,16,19)/p+1. The molecule has 0 aliphatic carbocycles. The van der Waals surface area contributed by atoms with E-state index in [1.807, 2.05) is 24.1 Å². The van der Waals surface area contributed by atoms with Gasteiger partial charge in [-0.05, 0) is 29.9 Å². The fourth-order valence-corrected chi connectivity index (χ4v) is 2.03. The number of rotatable bonds is 5. The van der Waals surface area contributed by atoms with Gasteiger partial charge in [0, 0.05) is 13.6 Å². The summed E-state index contributed by atoms with van der Waals surface area (Å²) in [6.45, 7) is 2.60. The first-order valence-corrected chi connectivity index (χ1v) is 7.28. The number of benzene rings is 1. The topological polar surface area (TPSA) is 19.7 Å². The van der Waals surface area contributed by atoms with Crippen molar-refractivity contribution in [2.75, 3.05) is 34.2 Å². The van der Waals surface area contributed by atoms with Crippen molar-refractivity contribution in [2.45, 2.75) is 6.54 Å². The summed E-state index contributed by atoms with van der Waals surface area (Å²) in [5.41, 5.74) is 1.08. The third kappa shape index (κ3) is 5.95. The van der Waals surface area contributed by atoms with Crippen LogP contribution in [-0.4, -0.2) is 44.2 Å². The molecule has 3 nitrogen and oxygen atoms in total. The highest BCUT2D eigenvalue weighted by Gasteiger charge is 2.07. The van der Waals surface area contributed by atoms with Crippen molar-refractivity contribution in [3.05, 3.63) is 33.8 Å². The zero-order chi connectivity index (χ0) is 14.4. The summed E-state index contributed by atoms with van der Waals surface area (Å²) in [6, 6.07) is 5.63. The zero-order valence-electron chi connectivity index (χ0n) is 11.5. The monoisotopic (exact) mass is 320 g/mol. The Morgan fingerprint density at radius 1 is 1.32 bits per heavy atom. The Kier molecular flexibility index (Phi) is 6.86. The molecule has 6 heteroatoms. The number of hydrogen-bond donors (Lipinski definition) is 2. The molecule has 0 aromatic heterocycles. The maximum atomic E-state index is 5.99. The van der Waals surface area contributed by atoms with Crippen LogP contribution in [0.15, 0.2) is 18.2 Å². The largest absolute Gasteiger partial charge is 0.357 e. The number of likely N-dealkylation sites (N-methyl/N-ethyl adjacent to an activating group) is 1. The van der Waals surface area contributed by atoms with Gasteiger partial charge in [-0.25, -0.2) is 0 Å². The predicted octanol–water partition coefficient (Wildman–Crippen LogP) is 1.44. The fraction of sp³-hybridized carbons (Fsp3) is 0.462. The molecule has 0 radical (unpaired) electrons. The van der Waals surface area contributed by atoms with E-state index in [9.17, 15) is 0 Å². The first-order chi connectivity index (χ1) is 8.90. The van der Waals surface area contributed by atoms with Gasteiger partial charge in [0.2, 0.25) is 0 Å². The molecule has 0 spiro atoms. The third-order valence-electron chi connectivity index (χ3n) is 2.65. The number of quaternary nitrogens is 1. The first-order valence-electron chi connectivity index (χ1n) is 6.12. The molecule has 0 aliphatic rings. The highest BCUT2D eigenvalue weighted by Crippen LogP contribution is 2.23. The number of nitrogens with one attached hydrogen (secondary N) is 2. The van der Waals surface area contributed by atoms with Crippen LogP contribution >= 0.6 is 35.4 Å². The van der Waals surface area contributed by atoms with Gasteiger partial charge in [0.1, 0.15) is 0 Å². The molecule has 0 amide bonds. The van der Waals surface area contributed by atoms with Crippen molar-refractivity contribution in [2.24, 2.45) is 0 Å². The third-order valence-corrected chi connectivity index (χ3v) is 3.85. The Labute approximate surface area is 130 Å². The molecule has 2 N–H and O–H groups in total. The van der Waals surface area contributed by atoms with Gasteiger partial charge < -0.3 is 15.1 Å². The van der Waals surface area contributed by atoms with E-state index in [0.717, 1.165) is 23.8 Å². The van der Waals surface area contributed by atoms with E-state index < -0.39 is 0 Å². The lowest BCUT2D eigenvalue weighted by molar-refractivity contribution is -0.856. The van der Waals surface area contributed by atoms with Crippen molar-refractivity contribution in [1.29, 1.82) is 0 Å². The van der Waals surface area contributed by atoms with E-state index in [4.69, 9.17) is 35.4 Å². The van der Waals surface area contributed by atoms with E-state index in [1.165, 1.54) is 4.90 Å². The Hall–Kier alpha value is -0.550. The lowest BCUT2D eigenvalue weighted by atomic mass is 10.2. The molecular formula is C13H20Cl2N3S+. The smallest absolute Gasteiger partial charge is 0.169 e. The van der Waals surface area contributed by atoms with Crippen LogP contribution in [0.2, 0.25) is 10.0 Å². The maximum Gasteiger partial charge on any atom is 0.169 e. The van der Waals surface area contributed by atoms with E-state index in [-0.39, 0.29) is 0 Å². The van der Waals surface area contributed by atoms with Crippen molar-refractivity contribution >= 4 is 40.5 Å². The quantitative estimate of drug-likeness (QED) is 0.801. The van der Waals surface area contributed by atoms with Crippen LogP contribution in [0.5, 0.6) is 0 Å². The first kappa shape index (κ1) is 16.5. The number of nitrogens with zero attached hydrogens (tertiary/aromatic N) is 1. The van der Waals surface area contributed by atoms with Crippen molar-refractivity contribution < 1.29 is 4.90 Å². The molecule has 0 fully saturated rings. The second kappa shape index (κ2) is 7.90. The molecule has 0 unspecified atom stereocenters. The second-order valence-corrected chi connectivity index (χ2v) is 5.99. The van der Waals surface area contributed by atoms with Crippen LogP contribution in [0.3, 0.4) is 0 Å². The van der Waals surface area contributed by atoms with E-state index in [0.29, 0.717) is 16.6 Å². The molecule has 1 aromatic carbocycles. The van der Waals surface area contributed by atoms with Crippen LogP contribution in [-0.2, 0) is 6.54 Å². The van der Waals surface area contributed by atoms with Gasteiger partial charge in [0.15, 0.2) is 5.11 Å². The molecular weight excluding hydrogens is 301 g/mol. The number of halogens is 2. The summed E-state index contributed by atoms with van der Waals surface area (Å²) in [5, 5.41) is 5.12. The predicted molar refractivity (Wildman–Crippen MR) is 86.2 cm³/mol. The molecule has 0 saturated carbocycles. The molecule has 19 heavy (non-hydrogen) atoms. The average molecular weight is 321 g/mol. The van der Waals surface area contributed by atoms with Crippen molar-refractivity contribution in [3.63, 3.8) is 0 Å². The second-order valence-electron chi connectivity index (χ2n) is 4.79. The van der Waals surface area contributed by atoms with Crippen molar-refractivity contribution in [1.82, 2.24) is 10.2 Å². The van der Waals surface area contributed by atoms with E-state index in [1.54, 1.807) is 6.07 Å². The van der Waals surface area contributed by atoms with Gasteiger partial charge in [0.25, 0.3) is 0 Å². The molecule has 1 aromatic rings. The SMILES string of the molecule is CN(Cc1ccc(Cl)c(Cl)c1)C(=S)NCC[NH+](C)C. The van der Waals surface area contributed by atoms with Crippen LogP contribution < -0.4 is 10.2 Å². The highest BCUT2D eigenvalue weighted by atomic mass is 35.5. The molecule has 0 atom stereocenters. The van der Waals surface area contributed by atoms with Crippen LogP contribution in [0, 0.1) is 0 Å². The van der Waals surface area contributed by atoms with E-state index in [2.05, 4.69) is 19.4 Å². The summed E-state index contributed by atoms with van der Waals surface area (Å²) in [5.74, 6) is 0. The molecule has 0 bridgehead atoms. The summed E-state index contributed by atoms with van der Waals surface area (Å²) >= 11 is 17.2. The summed E-state index contributed by atoms with van der Waals surface area (Å²) in [6.07, 6.45) is 0. The van der Waals surface area contributed by atoms with Crippen LogP contribution in [0.1, 0.15) is 5.56 Å². The summed E-state index contributed by atoms with van der Waals surface area (Å²) < 4.78 is 0. The van der Waals surface area contributed by atoms with Gasteiger partial charge in [-0.1, -0.05) is 29.3 Å². The maximum absolute atomic E-state index is 5.99. The lowest BCUT2D eigenvalue weighted by Crippen LogP contribution is -3.06. The normalized spacial score (nSPS) is 10.6. The Morgan fingerprint density at radius 3 is 2.58 bits per heavy atom. The van der Waals surface area contributed by atoms with Crippen LogP contribution in [0.25, 0.3) is 0 Å². The molecule has 1 rings (SSSR count). The van der Waals surface area contributed by atoms with E-state index >= 15 is 0 Å². The summed E-state index contributed by atoms with van der Waals surface area (Å²) in [7, 11) is 6.19. The molecule has 0 aliphatic heterocycles. The minimum atomic E-state index is 0.572. The van der Waals surface area contributed by atoms with Gasteiger partial charge in [-0.3, -0.25) is 0 Å². The van der Waals surface area contributed by atoms with Gasteiger partial charge in [-0.2, -0.15) is 0 Å². The fourth-order valence-electron chi connectivity index (χ4n) is 1.54. The Morgan fingerprint density at radius 2 is 2.00 bits per heavy atom. The van der Waals surface area contributed by atoms with Gasteiger partial charge in [0.05, 0.1) is 37.2 Å². The van der Waals surface area contributed by atoms with Crippen LogP contribution in [0.4, 0.5) is 0 Å². The average Bonchev–Trinajstić information content (AvgIpc) is 2.33. The van der Waals surface area contributed by atoms with Gasteiger partial charge >= 0.3 is 0 Å². The zero-order valence-corrected chi connectivity index (χ0v) is 13.8. The van der Waals surface area contributed by atoms with Gasteiger partial charge in [-0.15, -0.1) is 0 Å². The number of hydrogen-bond acceptors (Lipinski definition) is 1. The molecule has 0 saturated heterocycles. The Bertz CT molecular complexity index is 438. The Balaban J connectivity index is 2.47. The lowest BCUT2D eigenvalue weighted by Gasteiger charge is -2.21. The minimum absolute atomic E-state index is 0.572.